The number of hydrogen-bond donors (Lipinski definition) is 1. The van der Waals surface area contributed by atoms with Crippen LogP contribution in [-0.2, 0) is 0 Å². The third kappa shape index (κ3) is 5.86. The summed E-state index contributed by atoms with van der Waals surface area (Å²) >= 11 is 0. The van der Waals surface area contributed by atoms with E-state index in [1.165, 1.54) is 64.5 Å². The molecule has 1 N–H and O–H groups in total. The predicted octanol–water partition coefficient (Wildman–Crippen LogP) is 3.05. The lowest BCUT2D eigenvalue weighted by atomic mass is 10.1. The SMILES string of the molecule is CCCCCCCCCN1CCC(CO)C1. The van der Waals surface area contributed by atoms with E-state index in [1.54, 1.807) is 0 Å². The van der Waals surface area contributed by atoms with Crippen molar-refractivity contribution in [2.24, 2.45) is 5.92 Å². The number of likely N-dealkylation sites (tertiary alicyclic amines) is 1. The van der Waals surface area contributed by atoms with Gasteiger partial charge in [-0.2, -0.15) is 0 Å². The van der Waals surface area contributed by atoms with Crippen molar-refractivity contribution < 1.29 is 5.11 Å². The lowest BCUT2D eigenvalue weighted by Gasteiger charge is -2.15. The summed E-state index contributed by atoms with van der Waals surface area (Å²) < 4.78 is 0. The summed E-state index contributed by atoms with van der Waals surface area (Å²) in [5.41, 5.74) is 0. The molecule has 1 unspecified atom stereocenters. The predicted molar refractivity (Wildman–Crippen MR) is 69.6 cm³/mol. The Hall–Kier alpha value is -0.0800. The third-order valence-corrected chi connectivity index (χ3v) is 3.71. The molecule has 1 aliphatic heterocycles. The number of hydrogen-bond acceptors (Lipinski definition) is 2. The molecular formula is C14H29NO. The number of aliphatic hydroxyl groups excluding tert-OH is 1. The van der Waals surface area contributed by atoms with E-state index < -0.39 is 0 Å². The highest BCUT2D eigenvalue weighted by Gasteiger charge is 2.20. The second kappa shape index (κ2) is 9.00. The molecular weight excluding hydrogens is 198 g/mol. The molecule has 0 amide bonds. The number of aliphatic hydroxyl groups is 1. The van der Waals surface area contributed by atoms with Crippen LogP contribution in [0.15, 0.2) is 0 Å². The first-order chi connectivity index (χ1) is 7.86. The van der Waals surface area contributed by atoms with Gasteiger partial charge in [0, 0.05) is 13.2 Å². The Balaban J connectivity index is 1.84. The van der Waals surface area contributed by atoms with Gasteiger partial charge >= 0.3 is 0 Å². The molecule has 0 aromatic heterocycles. The van der Waals surface area contributed by atoms with Crippen LogP contribution < -0.4 is 0 Å². The van der Waals surface area contributed by atoms with Crippen LogP contribution in [0.2, 0.25) is 0 Å². The quantitative estimate of drug-likeness (QED) is 0.612. The van der Waals surface area contributed by atoms with Crippen LogP contribution in [0, 0.1) is 5.92 Å². The van der Waals surface area contributed by atoms with Crippen LogP contribution in [0.25, 0.3) is 0 Å². The van der Waals surface area contributed by atoms with Gasteiger partial charge in [-0.3, -0.25) is 0 Å². The Labute approximate surface area is 101 Å². The molecule has 16 heavy (non-hydrogen) atoms. The molecule has 1 saturated heterocycles. The molecule has 0 saturated carbocycles. The zero-order valence-electron chi connectivity index (χ0n) is 11.0. The molecule has 0 aromatic carbocycles. The summed E-state index contributed by atoms with van der Waals surface area (Å²) in [7, 11) is 0. The van der Waals surface area contributed by atoms with Crippen LogP contribution in [0.3, 0.4) is 0 Å². The summed E-state index contributed by atoms with van der Waals surface area (Å²) in [4.78, 5) is 2.52. The van der Waals surface area contributed by atoms with Gasteiger partial charge in [-0.1, -0.05) is 45.4 Å². The van der Waals surface area contributed by atoms with Gasteiger partial charge in [0.15, 0.2) is 0 Å². The van der Waals surface area contributed by atoms with Gasteiger partial charge in [0.2, 0.25) is 0 Å². The zero-order valence-corrected chi connectivity index (χ0v) is 11.0. The van der Waals surface area contributed by atoms with Gasteiger partial charge in [0.1, 0.15) is 0 Å². The van der Waals surface area contributed by atoms with E-state index in [4.69, 9.17) is 5.11 Å². The normalized spacial score (nSPS) is 21.8. The lowest BCUT2D eigenvalue weighted by Crippen LogP contribution is -2.22. The van der Waals surface area contributed by atoms with Crippen molar-refractivity contribution in [2.75, 3.05) is 26.2 Å². The average Bonchev–Trinajstić information content (AvgIpc) is 2.76. The Bertz CT molecular complexity index is 161. The Morgan fingerprint density at radius 3 is 2.38 bits per heavy atom. The molecule has 1 heterocycles. The topological polar surface area (TPSA) is 23.5 Å². The molecule has 1 aliphatic rings. The van der Waals surface area contributed by atoms with E-state index in [-0.39, 0.29) is 0 Å². The first-order valence-corrected chi connectivity index (χ1v) is 7.20. The second-order valence-electron chi connectivity index (χ2n) is 5.26. The fourth-order valence-electron chi connectivity index (χ4n) is 2.56. The molecule has 0 spiro atoms. The Kier molecular flexibility index (Phi) is 7.87. The monoisotopic (exact) mass is 227 g/mol. The minimum atomic E-state index is 0.382. The molecule has 0 aromatic rings. The molecule has 2 nitrogen and oxygen atoms in total. The van der Waals surface area contributed by atoms with Crippen LogP contribution in [0.5, 0.6) is 0 Å². The molecule has 1 fully saturated rings. The largest absolute Gasteiger partial charge is 0.396 e. The fraction of sp³-hybridized carbons (Fsp3) is 1.00. The summed E-state index contributed by atoms with van der Waals surface area (Å²) in [5.74, 6) is 0.560. The first kappa shape index (κ1) is 14.0. The second-order valence-corrected chi connectivity index (χ2v) is 5.26. The Morgan fingerprint density at radius 1 is 1.06 bits per heavy atom. The maximum absolute atomic E-state index is 9.05. The summed E-state index contributed by atoms with van der Waals surface area (Å²) in [6.45, 7) is 6.25. The van der Waals surface area contributed by atoms with Gasteiger partial charge < -0.3 is 10.0 Å². The molecule has 2 heteroatoms. The molecule has 0 bridgehead atoms. The van der Waals surface area contributed by atoms with E-state index in [0.717, 1.165) is 6.54 Å². The fourth-order valence-corrected chi connectivity index (χ4v) is 2.56. The average molecular weight is 227 g/mol. The van der Waals surface area contributed by atoms with Crippen molar-refractivity contribution in [1.29, 1.82) is 0 Å². The molecule has 1 rings (SSSR count). The smallest absolute Gasteiger partial charge is 0.0471 e. The van der Waals surface area contributed by atoms with Crippen molar-refractivity contribution in [2.45, 2.75) is 58.3 Å². The van der Waals surface area contributed by atoms with Crippen molar-refractivity contribution in [3.8, 4) is 0 Å². The highest BCUT2D eigenvalue weighted by Crippen LogP contribution is 2.16. The van der Waals surface area contributed by atoms with E-state index in [9.17, 15) is 0 Å². The van der Waals surface area contributed by atoms with Crippen LogP contribution in [-0.4, -0.2) is 36.2 Å². The van der Waals surface area contributed by atoms with E-state index in [1.807, 2.05) is 0 Å². The van der Waals surface area contributed by atoms with Gasteiger partial charge in [0.25, 0.3) is 0 Å². The Morgan fingerprint density at radius 2 is 1.75 bits per heavy atom. The minimum Gasteiger partial charge on any atom is -0.396 e. The zero-order chi connectivity index (χ0) is 11.6. The maximum Gasteiger partial charge on any atom is 0.0471 e. The summed E-state index contributed by atoms with van der Waals surface area (Å²) in [5, 5.41) is 9.05. The van der Waals surface area contributed by atoms with Gasteiger partial charge in [-0.05, 0) is 31.8 Å². The maximum atomic E-state index is 9.05. The molecule has 1 atom stereocenters. The van der Waals surface area contributed by atoms with E-state index in [2.05, 4.69) is 11.8 Å². The standard InChI is InChI=1S/C14H29NO/c1-2-3-4-5-6-7-8-10-15-11-9-14(12-15)13-16/h14,16H,2-13H2,1H3. The van der Waals surface area contributed by atoms with Gasteiger partial charge in [-0.15, -0.1) is 0 Å². The molecule has 96 valence electrons. The number of rotatable bonds is 9. The van der Waals surface area contributed by atoms with Crippen LogP contribution >= 0.6 is 0 Å². The van der Waals surface area contributed by atoms with Crippen molar-refractivity contribution in [1.82, 2.24) is 4.90 Å². The van der Waals surface area contributed by atoms with Crippen LogP contribution in [0.4, 0.5) is 0 Å². The van der Waals surface area contributed by atoms with Crippen molar-refractivity contribution in [3.05, 3.63) is 0 Å². The van der Waals surface area contributed by atoms with Crippen molar-refractivity contribution in [3.63, 3.8) is 0 Å². The van der Waals surface area contributed by atoms with Gasteiger partial charge in [0.05, 0.1) is 0 Å². The summed E-state index contributed by atoms with van der Waals surface area (Å²) in [6.07, 6.45) is 11.0. The minimum absolute atomic E-state index is 0.382. The van der Waals surface area contributed by atoms with E-state index in [0.29, 0.717) is 12.5 Å². The van der Waals surface area contributed by atoms with Gasteiger partial charge in [-0.25, -0.2) is 0 Å². The highest BCUT2D eigenvalue weighted by atomic mass is 16.3. The molecule has 0 aliphatic carbocycles. The van der Waals surface area contributed by atoms with E-state index >= 15 is 0 Å². The number of nitrogens with zero attached hydrogens (tertiary/aromatic N) is 1. The number of unbranched alkanes of at least 4 members (excludes halogenated alkanes) is 6. The molecule has 0 radical (unpaired) electrons. The summed E-state index contributed by atoms with van der Waals surface area (Å²) in [6, 6.07) is 0. The van der Waals surface area contributed by atoms with Crippen molar-refractivity contribution >= 4 is 0 Å². The highest BCUT2D eigenvalue weighted by molar-refractivity contribution is 4.74. The first-order valence-electron chi connectivity index (χ1n) is 7.20. The lowest BCUT2D eigenvalue weighted by molar-refractivity contribution is 0.221. The third-order valence-electron chi connectivity index (χ3n) is 3.71. The van der Waals surface area contributed by atoms with Crippen LogP contribution in [0.1, 0.15) is 58.3 Å².